The molecular formula is C13H27NO. The van der Waals surface area contributed by atoms with Crippen LogP contribution in [0.4, 0.5) is 0 Å². The highest BCUT2D eigenvalue weighted by atomic mass is 16.3. The second-order valence-corrected chi connectivity index (χ2v) is 6.25. The number of hydrogen-bond donors (Lipinski definition) is 1. The predicted octanol–water partition coefficient (Wildman–Crippen LogP) is 2.37. The molecule has 2 heteroatoms. The second-order valence-electron chi connectivity index (χ2n) is 6.25. The topological polar surface area (TPSA) is 23.5 Å². The number of hydrogen-bond acceptors (Lipinski definition) is 2. The van der Waals surface area contributed by atoms with Gasteiger partial charge in [-0.1, -0.05) is 27.7 Å². The Hall–Kier alpha value is -0.0800. The Labute approximate surface area is 94.7 Å². The first-order valence-electron chi connectivity index (χ1n) is 6.26. The lowest BCUT2D eigenvalue weighted by molar-refractivity contribution is 0.0228. The lowest BCUT2D eigenvalue weighted by Gasteiger charge is -2.46. The van der Waals surface area contributed by atoms with Crippen molar-refractivity contribution in [2.75, 3.05) is 26.2 Å². The second kappa shape index (κ2) is 5.31. The van der Waals surface area contributed by atoms with Gasteiger partial charge in [-0.2, -0.15) is 0 Å². The number of rotatable bonds is 5. The van der Waals surface area contributed by atoms with Crippen molar-refractivity contribution >= 4 is 0 Å². The maximum Gasteiger partial charge on any atom is 0.0456 e. The monoisotopic (exact) mass is 213 g/mol. The maximum atomic E-state index is 8.91. The molecule has 1 saturated heterocycles. The van der Waals surface area contributed by atoms with E-state index < -0.39 is 0 Å². The molecule has 1 heterocycles. The molecule has 1 unspecified atom stereocenters. The molecule has 0 aliphatic carbocycles. The third-order valence-electron chi connectivity index (χ3n) is 3.66. The lowest BCUT2D eigenvalue weighted by atomic mass is 9.76. The predicted molar refractivity (Wildman–Crippen MR) is 64.9 cm³/mol. The Morgan fingerprint density at radius 1 is 1.33 bits per heavy atom. The van der Waals surface area contributed by atoms with E-state index in [4.69, 9.17) is 5.11 Å². The van der Waals surface area contributed by atoms with Crippen molar-refractivity contribution in [2.45, 2.75) is 40.5 Å². The molecule has 0 saturated carbocycles. The minimum Gasteiger partial charge on any atom is -0.396 e. The lowest BCUT2D eigenvalue weighted by Crippen LogP contribution is -2.52. The number of aliphatic hydroxyl groups excluding tert-OH is 1. The Morgan fingerprint density at radius 3 is 2.40 bits per heavy atom. The zero-order valence-corrected chi connectivity index (χ0v) is 10.8. The largest absolute Gasteiger partial charge is 0.396 e. The van der Waals surface area contributed by atoms with E-state index in [1.807, 2.05) is 0 Å². The standard InChI is InChI=1S/C13H27NO/c1-11(10-15)6-5-7-14-8-12(9-14)13(2,3)4/h11-12,15H,5-10H2,1-4H3. The van der Waals surface area contributed by atoms with Crippen molar-refractivity contribution < 1.29 is 5.11 Å². The fourth-order valence-corrected chi connectivity index (χ4v) is 2.05. The normalized spacial score (nSPS) is 21.4. The van der Waals surface area contributed by atoms with E-state index in [0.29, 0.717) is 17.9 Å². The molecule has 0 bridgehead atoms. The van der Waals surface area contributed by atoms with Gasteiger partial charge >= 0.3 is 0 Å². The van der Waals surface area contributed by atoms with Gasteiger partial charge in [-0.25, -0.2) is 0 Å². The highest BCUT2D eigenvalue weighted by molar-refractivity contribution is 4.87. The smallest absolute Gasteiger partial charge is 0.0456 e. The Balaban J connectivity index is 2.03. The van der Waals surface area contributed by atoms with Crippen LogP contribution in [0.3, 0.4) is 0 Å². The molecule has 0 amide bonds. The van der Waals surface area contributed by atoms with Crippen molar-refractivity contribution in [1.29, 1.82) is 0 Å². The summed E-state index contributed by atoms with van der Waals surface area (Å²) in [5.41, 5.74) is 0.481. The van der Waals surface area contributed by atoms with Gasteiger partial charge in [0.05, 0.1) is 0 Å². The van der Waals surface area contributed by atoms with Gasteiger partial charge in [-0.15, -0.1) is 0 Å². The van der Waals surface area contributed by atoms with E-state index in [2.05, 4.69) is 32.6 Å². The third kappa shape index (κ3) is 4.12. The van der Waals surface area contributed by atoms with Gasteiger partial charge in [0.25, 0.3) is 0 Å². The van der Waals surface area contributed by atoms with Crippen molar-refractivity contribution in [3.05, 3.63) is 0 Å². The molecule has 2 nitrogen and oxygen atoms in total. The molecule has 1 aliphatic heterocycles. The summed E-state index contributed by atoms with van der Waals surface area (Å²) in [5.74, 6) is 1.36. The minimum absolute atomic E-state index is 0.338. The summed E-state index contributed by atoms with van der Waals surface area (Å²) in [5, 5.41) is 8.91. The molecule has 1 N–H and O–H groups in total. The van der Waals surface area contributed by atoms with Crippen LogP contribution in [0.1, 0.15) is 40.5 Å². The third-order valence-corrected chi connectivity index (χ3v) is 3.66. The van der Waals surface area contributed by atoms with Gasteiger partial charge in [0.2, 0.25) is 0 Å². The molecule has 0 aromatic carbocycles. The molecule has 0 spiro atoms. The number of likely N-dealkylation sites (tertiary alicyclic amines) is 1. The summed E-state index contributed by atoms with van der Waals surface area (Å²) in [6, 6.07) is 0. The van der Waals surface area contributed by atoms with E-state index in [-0.39, 0.29) is 0 Å². The maximum absolute atomic E-state index is 8.91. The molecule has 90 valence electrons. The molecule has 0 radical (unpaired) electrons. The number of aliphatic hydroxyl groups is 1. The molecule has 1 rings (SSSR count). The van der Waals surface area contributed by atoms with Crippen LogP contribution in [-0.4, -0.2) is 36.2 Å². The van der Waals surface area contributed by atoms with Crippen LogP contribution >= 0.6 is 0 Å². The SMILES string of the molecule is CC(CO)CCCN1CC(C(C)(C)C)C1. The van der Waals surface area contributed by atoms with Crippen LogP contribution in [0.2, 0.25) is 0 Å². The van der Waals surface area contributed by atoms with Gasteiger partial charge in [-0.3, -0.25) is 0 Å². The fraction of sp³-hybridized carbons (Fsp3) is 1.00. The van der Waals surface area contributed by atoms with Gasteiger partial charge in [0.15, 0.2) is 0 Å². The summed E-state index contributed by atoms with van der Waals surface area (Å²) in [7, 11) is 0. The first-order chi connectivity index (χ1) is 6.93. The van der Waals surface area contributed by atoms with Crippen LogP contribution in [0.25, 0.3) is 0 Å². The highest BCUT2D eigenvalue weighted by Gasteiger charge is 2.34. The van der Waals surface area contributed by atoms with Crippen LogP contribution in [-0.2, 0) is 0 Å². The molecule has 15 heavy (non-hydrogen) atoms. The van der Waals surface area contributed by atoms with E-state index in [9.17, 15) is 0 Å². The average Bonchev–Trinajstić information content (AvgIpc) is 2.06. The van der Waals surface area contributed by atoms with Gasteiger partial charge in [0, 0.05) is 19.7 Å². The summed E-state index contributed by atoms with van der Waals surface area (Å²) in [4.78, 5) is 2.54. The Kier molecular flexibility index (Phi) is 4.60. The fourth-order valence-electron chi connectivity index (χ4n) is 2.05. The van der Waals surface area contributed by atoms with Gasteiger partial charge in [-0.05, 0) is 36.6 Å². The van der Waals surface area contributed by atoms with Gasteiger partial charge in [0.1, 0.15) is 0 Å². The summed E-state index contributed by atoms with van der Waals surface area (Å²) < 4.78 is 0. The Morgan fingerprint density at radius 2 is 1.93 bits per heavy atom. The van der Waals surface area contributed by atoms with Crippen LogP contribution < -0.4 is 0 Å². The van der Waals surface area contributed by atoms with E-state index in [1.165, 1.54) is 26.1 Å². The summed E-state index contributed by atoms with van der Waals surface area (Å²) >= 11 is 0. The Bertz CT molecular complexity index is 179. The molecule has 0 aromatic heterocycles. The first kappa shape index (κ1) is 13.0. The van der Waals surface area contributed by atoms with Crippen molar-refractivity contribution in [3.8, 4) is 0 Å². The van der Waals surface area contributed by atoms with Crippen LogP contribution in [0.5, 0.6) is 0 Å². The zero-order chi connectivity index (χ0) is 11.5. The van der Waals surface area contributed by atoms with Crippen molar-refractivity contribution in [1.82, 2.24) is 4.90 Å². The van der Waals surface area contributed by atoms with Crippen LogP contribution in [0, 0.1) is 17.3 Å². The summed E-state index contributed by atoms with van der Waals surface area (Å²) in [6.45, 7) is 13.2. The first-order valence-corrected chi connectivity index (χ1v) is 6.26. The average molecular weight is 213 g/mol. The highest BCUT2D eigenvalue weighted by Crippen LogP contribution is 2.33. The van der Waals surface area contributed by atoms with Gasteiger partial charge < -0.3 is 10.0 Å². The van der Waals surface area contributed by atoms with E-state index >= 15 is 0 Å². The summed E-state index contributed by atoms with van der Waals surface area (Å²) in [6.07, 6.45) is 2.39. The molecule has 1 fully saturated rings. The van der Waals surface area contributed by atoms with E-state index in [0.717, 1.165) is 12.3 Å². The molecular weight excluding hydrogens is 186 g/mol. The van der Waals surface area contributed by atoms with Crippen molar-refractivity contribution in [2.24, 2.45) is 17.3 Å². The van der Waals surface area contributed by atoms with Crippen molar-refractivity contribution in [3.63, 3.8) is 0 Å². The molecule has 1 atom stereocenters. The number of nitrogens with zero attached hydrogens (tertiary/aromatic N) is 1. The quantitative estimate of drug-likeness (QED) is 0.758. The minimum atomic E-state index is 0.338. The molecule has 0 aromatic rings. The zero-order valence-electron chi connectivity index (χ0n) is 10.8. The van der Waals surface area contributed by atoms with Crippen LogP contribution in [0.15, 0.2) is 0 Å². The van der Waals surface area contributed by atoms with E-state index in [1.54, 1.807) is 0 Å². The molecule has 1 aliphatic rings.